The monoisotopic (exact) mass is 380 g/mol. The van der Waals surface area contributed by atoms with Gasteiger partial charge in [-0.3, -0.25) is 9.78 Å². The van der Waals surface area contributed by atoms with E-state index in [1.165, 1.54) is 0 Å². The van der Waals surface area contributed by atoms with Crippen LogP contribution in [0.4, 0.5) is 0 Å². The highest BCUT2D eigenvalue weighted by Crippen LogP contribution is 2.37. The van der Waals surface area contributed by atoms with Crippen molar-refractivity contribution < 1.29 is 19.0 Å². The summed E-state index contributed by atoms with van der Waals surface area (Å²) in [5.41, 5.74) is 1.92. The fourth-order valence-electron chi connectivity index (χ4n) is 4.37. The Kier molecular flexibility index (Phi) is 4.53. The van der Waals surface area contributed by atoms with Crippen LogP contribution in [0.25, 0.3) is 0 Å². The second kappa shape index (κ2) is 7.18. The number of carbonyl (C=O) groups excluding carboxylic acids is 1. The number of fused-ring (bicyclic) bond motifs is 1. The lowest BCUT2D eigenvalue weighted by atomic mass is 9.84. The van der Waals surface area contributed by atoms with E-state index in [4.69, 9.17) is 14.2 Å². The van der Waals surface area contributed by atoms with Crippen LogP contribution in [0.15, 0.2) is 48.8 Å². The molecule has 5 rings (SSSR count). The number of ether oxygens (including phenoxy) is 3. The lowest BCUT2D eigenvalue weighted by molar-refractivity contribution is -0.205. The largest absolute Gasteiger partial charge is 0.480 e. The maximum atomic E-state index is 12.8. The zero-order valence-corrected chi connectivity index (χ0v) is 15.8. The maximum absolute atomic E-state index is 12.8. The highest BCUT2D eigenvalue weighted by Gasteiger charge is 2.51. The summed E-state index contributed by atoms with van der Waals surface area (Å²) in [6, 6.07) is 11.8. The Labute approximate surface area is 164 Å². The number of rotatable bonds is 4. The number of nitrogens with zero attached hydrogens (tertiary/aromatic N) is 2. The number of pyridine rings is 1. The molecule has 3 aliphatic heterocycles. The normalized spacial score (nSPS) is 25.1. The molecule has 0 aliphatic carbocycles. The number of likely N-dealkylation sites (tertiary alicyclic amines) is 1. The van der Waals surface area contributed by atoms with Crippen LogP contribution in [-0.4, -0.2) is 53.3 Å². The fourth-order valence-corrected chi connectivity index (χ4v) is 4.37. The van der Waals surface area contributed by atoms with Gasteiger partial charge >= 0.3 is 0 Å². The Morgan fingerprint density at radius 2 is 2.14 bits per heavy atom. The van der Waals surface area contributed by atoms with E-state index in [1.807, 2.05) is 47.5 Å². The Hall–Kier alpha value is -2.44. The molecule has 2 atom stereocenters. The van der Waals surface area contributed by atoms with E-state index in [9.17, 15) is 4.79 Å². The molecule has 1 aromatic carbocycles. The van der Waals surface area contributed by atoms with Crippen molar-refractivity contribution in [3.8, 4) is 5.75 Å². The summed E-state index contributed by atoms with van der Waals surface area (Å²) in [5.74, 6) is 0.887. The minimum absolute atomic E-state index is 0.0591. The van der Waals surface area contributed by atoms with Gasteiger partial charge in [-0.25, -0.2) is 0 Å². The van der Waals surface area contributed by atoms with Crippen molar-refractivity contribution in [3.63, 3.8) is 0 Å². The molecule has 6 nitrogen and oxygen atoms in total. The molecular formula is C22H24N2O4. The molecule has 1 spiro atoms. The third-order valence-electron chi connectivity index (χ3n) is 5.85. The minimum atomic E-state index is -0.407. The van der Waals surface area contributed by atoms with Crippen molar-refractivity contribution in [2.75, 3.05) is 19.7 Å². The smallest absolute Gasteiger partial charge is 0.264 e. The van der Waals surface area contributed by atoms with Crippen molar-refractivity contribution in [2.45, 2.75) is 43.7 Å². The predicted molar refractivity (Wildman–Crippen MR) is 102 cm³/mol. The Morgan fingerprint density at radius 3 is 2.96 bits per heavy atom. The molecule has 6 heteroatoms. The summed E-state index contributed by atoms with van der Waals surface area (Å²) < 4.78 is 18.0. The standard InChI is InChI=1S/C22H24N2O4/c25-21(20-10-17-5-1-2-6-19(17)28-20)24-14-22(15-24)11-18(7-9-27-22)26-13-16-4-3-8-23-12-16/h1-6,8,12,18,20H,7,9-11,13-15H2. The summed E-state index contributed by atoms with van der Waals surface area (Å²) in [5, 5.41) is 0. The summed E-state index contributed by atoms with van der Waals surface area (Å²) in [6.07, 6.45) is 5.70. The second-order valence-electron chi connectivity index (χ2n) is 7.93. The van der Waals surface area contributed by atoms with Gasteiger partial charge in [0.15, 0.2) is 6.10 Å². The zero-order chi connectivity index (χ0) is 19.0. The molecule has 2 fully saturated rings. The first-order valence-electron chi connectivity index (χ1n) is 9.89. The van der Waals surface area contributed by atoms with E-state index in [0.29, 0.717) is 32.7 Å². The van der Waals surface area contributed by atoms with E-state index in [2.05, 4.69) is 4.98 Å². The van der Waals surface area contributed by atoms with Gasteiger partial charge in [-0.15, -0.1) is 0 Å². The van der Waals surface area contributed by atoms with Crippen LogP contribution in [0, 0.1) is 0 Å². The van der Waals surface area contributed by atoms with E-state index < -0.39 is 6.10 Å². The zero-order valence-electron chi connectivity index (χ0n) is 15.8. The van der Waals surface area contributed by atoms with Crippen molar-refractivity contribution in [1.82, 2.24) is 9.88 Å². The molecule has 28 heavy (non-hydrogen) atoms. The first-order valence-corrected chi connectivity index (χ1v) is 9.89. The molecule has 0 radical (unpaired) electrons. The SMILES string of the molecule is O=C(C1Cc2ccccc2O1)N1CC2(CC(OCc3cccnc3)CCO2)C1. The van der Waals surface area contributed by atoms with Crippen molar-refractivity contribution in [3.05, 3.63) is 59.9 Å². The van der Waals surface area contributed by atoms with E-state index in [-0.39, 0.29) is 17.6 Å². The number of aromatic nitrogens is 1. The van der Waals surface area contributed by atoms with Crippen molar-refractivity contribution in [2.24, 2.45) is 0 Å². The van der Waals surface area contributed by atoms with Crippen LogP contribution in [-0.2, 0) is 27.3 Å². The van der Waals surface area contributed by atoms with Gasteiger partial charge < -0.3 is 19.1 Å². The minimum Gasteiger partial charge on any atom is -0.480 e. The second-order valence-corrected chi connectivity index (χ2v) is 7.93. The summed E-state index contributed by atoms with van der Waals surface area (Å²) in [4.78, 5) is 18.8. The average Bonchev–Trinajstić information content (AvgIpc) is 3.15. The Balaban J connectivity index is 1.14. The van der Waals surface area contributed by atoms with Crippen LogP contribution in [0.2, 0.25) is 0 Å². The molecule has 0 saturated carbocycles. The molecule has 0 bridgehead atoms. The van der Waals surface area contributed by atoms with Gasteiger partial charge in [-0.2, -0.15) is 0 Å². The number of hydrogen-bond donors (Lipinski definition) is 0. The molecule has 2 unspecified atom stereocenters. The number of para-hydroxylation sites is 1. The molecule has 2 aromatic rings. The number of carbonyl (C=O) groups is 1. The highest BCUT2D eigenvalue weighted by atomic mass is 16.5. The molecular weight excluding hydrogens is 356 g/mol. The summed E-state index contributed by atoms with van der Waals surface area (Å²) in [7, 11) is 0. The van der Waals surface area contributed by atoms with E-state index in [1.54, 1.807) is 6.20 Å². The van der Waals surface area contributed by atoms with Gasteiger partial charge in [-0.05, 0) is 29.7 Å². The first kappa shape index (κ1) is 17.6. The Bertz CT molecular complexity index is 826. The van der Waals surface area contributed by atoms with Crippen molar-refractivity contribution >= 4 is 5.91 Å². The number of hydrogen-bond acceptors (Lipinski definition) is 5. The third-order valence-corrected chi connectivity index (χ3v) is 5.85. The highest BCUT2D eigenvalue weighted by molar-refractivity contribution is 5.83. The molecule has 1 aromatic heterocycles. The van der Waals surface area contributed by atoms with E-state index >= 15 is 0 Å². The van der Waals surface area contributed by atoms with Crippen LogP contribution < -0.4 is 4.74 Å². The fraction of sp³-hybridized carbons (Fsp3) is 0.455. The van der Waals surface area contributed by atoms with Crippen LogP contribution in [0.3, 0.4) is 0 Å². The molecule has 2 saturated heterocycles. The van der Waals surface area contributed by atoms with Crippen LogP contribution in [0.5, 0.6) is 5.75 Å². The number of amides is 1. The lowest BCUT2D eigenvalue weighted by Gasteiger charge is -2.53. The molecule has 1 amide bonds. The van der Waals surface area contributed by atoms with Gasteiger partial charge in [-0.1, -0.05) is 24.3 Å². The van der Waals surface area contributed by atoms with Gasteiger partial charge in [0.05, 0.1) is 25.8 Å². The molecule has 4 heterocycles. The van der Waals surface area contributed by atoms with Gasteiger partial charge in [0.1, 0.15) is 11.4 Å². The van der Waals surface area contributed by atoms with Gasteiger partial charge in [0.2, 0.25) is 0 Å². The van der Waals surface area contributed by atoms with Gasteiger partial charge in [0, 0.05) is 31.8 Å². The first-order chi connectivity index (χ1) is 13.7. The third kappa shape index (κ3) is 3.38. The maximum Gasteiger partial charge on any atom is 0.264 e. The Morgan fingerprint density at radius 1 is 1.25 bits per heavy atom. The molecule has 0 N–H and O–H groups in total. The van der Waals surface area contributed by atoms with Crippen LogP contribution >= 0.6 is 0 Å². The van der Waals surface area contributed by atoms with Crippen LogP contribution in [0.1, 0.15) is 24.0 Å². The van der Waals surface area contributed by atoms with Gasteiger partial charge in [0.25, 0.3) is 5.91 Å². The number of benzene rings is 1. The lowest BCUT2D eigenvalue weighted by Crippen LogP contribution is -2.68. The topological polar surface area (TPSA) is 60.9 Å². The summed E-state index contributed by atoms with van der Waals surface area (Å²) >= 11 is 0. The quantitative estimate of drug-likeness (QED) is 0.815. The molecule has 146 valence electrons. The predicted octanol–water partition coefficient (Wildman–Crippen LogP) is 2.36. The van der Waals surface area contributed by atoms with E-state index in [0.717, 1.165) is 29.7 Å². The summed E-state index contributed by atoms with van der Waals surface area (Å²) in [6.45, 7) is 2.47. The average molecular weight is 380 g/mol. The van der Waals surface area contributed by atoms with Crippen molar-refractivity contribution in [1.29, 1.82) is 0 Å². The molecule has 3 aliphatic rings.